The molecular formula is C16H15ClFN. The lowest BCUT2D eigenvalue weighted by atomic mass is 9.99. The van der Waals surface area contributed by atoms with Crippen molar-refractivity contribution in [3.05, 3.63) is 64.2 Å². The van der Waals surface area contributed by atoms with E-state index in [0.717, 1.165) is 29.8 Å². The molecule has 98 valence electrons. The van der Waals surface area contributed by atoms with Gasteiger partial charge in [-0.25, -0.2) is 4.39 Å². The topological polar surface area (TPSA) is 12.0 Å². The average molecular weight is 276 g/mol. The second-order valence-corrected chi connectivity index (χ2v) is 5.30. The van der Waals surface area contributed by atoms with E-state index in [1.54, 1.807) is 6.07 Å². The highest BCUT2D eigenvalue weighted by Gasteiger charge is 2.20. The van der Waals surface area contributed by atoms with E-state index in [-0.39, 0.29) is 0 Å². The van der Waals surface area contributed by atoms with Crippen molar-refractivity contribution in [2.45, 2.75) is 19.0 Å². The summed E-state index contributed by atoms with van der Waals surface area (Å²) in [5, 5.41) is 3.93. The maximum absolute atomic E-state index is 14.5. The van der Waals surface area contributed by atoms with Crippen LogP contribution in [0.4, 0.5) is 10.1 Å². The Labute approximate surface area is 117 Å². The Balaban J connectivity index is 1.85. The Kier molecular flexibility index (Phi) is 3.43. The molecule has 0 radical (unpaired) electrons. The number of anilines is 1. The van der Waals surface area contributed by atoms with Crippen LogP contribution in [0, 0.1) is 0 Å². The molecule has 2 aromatic rings. The number of hydrogen-bond donors (Lipinski definition) is 1. The summed E-state index contributed by atoms with van der Waals surface area (Å²) < 4.78 is 14.5. The number of rotatable bonds is 3. The van der Waals surface area contributed by atoms with E-state index in [9.17, 15) is 4.39 Å². The smallest absolute Gasteiger partial charge is 0.131 e. The Bertz CT molecular complexity index is 597. The van der Waals surface area contributed by atoms with E-state index >= 15 is 0 Å². The summed E-state index contributed by atoms with van der Waals surface area (Å²) in [7, 11) is 0. The summed E-state index contributed by atoms with van der Waals surface area (Å²) in [5.74, 6) is 0. The Morgan fingerprint density at radius 2 is 2.05 bits per heavy atom. The van der Waals surface area contributed by atoms with Gasteiger partial charge in [-0.1, -0.05) is 41.9 Å². The van der Waals surface area contributed by atoms with Gasteiger partial charge in [0.2, 0.25) is 0 Å². The number of para-hydroxylation sites is 1. The van der Waals surface area contributed by atoms with Gasteiger partial charge in [0.1, 0.15) is 6.17 Å². The summed E-state index contributed by atoms with van der Waals surface area (Å²) >= 11 is 5.93. The minimum atomic E-state index is -1.00. The predicted molar refractivity (Wildman–Crippen MR) is 77.6 cm³/mol. The fourth-order valence-corrected chi connectivity index (χ4v) is 2.82. The highest BCUT2D eigenvalue weighted by molar-refractivity contribution is 6.30. The summed E-state index contributed by atoms with van der Waals surface area (Å²) in [5.41, 5.74) is 3.88. The van der Waals surface area contributed by atoms with Gasteiger partial charge in [0, 0.05) is 29.2 Å². The molecule has 1 aliphatic heterocycles. The van der Waals surface area contributed by atoms with E-state index in [1.165, 1.54) is 5.56 Å². The van der Waals surface area contributed by atoms with Crippen LogP contribution in [0.15, 0.2) is 42.5 Å². The third kappa shape index (κ3) is 2.59. The monoisotopic (exact) mass is 275 g/mol. The van der Waals surface area contributed by atoms with Crippen LogP contribution < -0.4 is 5.32 Å². The SMILES string of the molecule is FC(Cc1cccc(Cl)c1)c1cccc2c1NCC2. The maximum Gasteiger partial charge on any atom is 0.131 e. The molecule has 0 spiro atoms. The number of nitrogens with one attached hydrogen (secondary N) is 1. The van der Waals surface area contributed by atoms with Crippen molar-refractivity contribution in [1.29, 1.82) is 0 Å². The number of halogens is 2. The zero-order valence-corrected chi connectivity index (χ0v) is 11.3. The number of benzene rings is 2. The first kappa shape index (κ1) is 12.5. The lowest BCUT2D eigenvalue weighted by molar-refractivity contribution is 0.343. The van der Waals surface area contributed by atoms with Crippen LogP contribution >= 0.6 is 11.6 Å². The van der Waals surface area contributed by atoms with Crippen LogP contribution in [0.3, 0.4) is 0 Å². The molecule has 1 N–H and O–H groups in total. The molecule has 1 atom stereocenters. The molecular weight excluding hydrogens is 261 g/mol. The zero-order chi connectivity index (χ0) is 13.2. The van der Waals surface area contributed by atoms with Crippen molar-refractivity contribution in [3.63, 3.8) is 0 Å². The third-order valence-corrected chi connectivity index (χ3v) is 3.76. The fourth-order valence-electron chi connectivity index (χ4n) is 2.61. The molecule has 3 heteroatoms. The summed E-state index contributed by atoms with van der Waals surface area (Å²) in [6.07, 6.45) is 0.338. The largest absolute Gasteiger partial charge is 0.384 e. The molecule has 0 saturated heterocycles. The third-order valence-electron chi connectivity index (χ3n) is 3.52. The molecule has 0 aliphatic carbocycles. The van der Waals surface area contributed by atoms with Gasteiger partial charge in [0.25, 0.3) is 0 Å². The normalized spacial score (nSPS) is 14.8. The van der Waals surface area contributed by atoms with Crippen LogP contribution in [0.2, 0.25) is 5.02 Å². The first-order valence-corrected chi connectivity index (χ1v) is 6.86. The van der Waals surface area contributed by atoms with Crippen molar-refractivity contribution >= 4 is 17.3 Å². The van der Waals surface area contributed by atoms with Crippen molar-refractivity contribution in [1.82, 2.24) is 0 Å². The number of alkyl halides is 1. The minimum absolute atomic E-state index is 0.360. The van der Waals surface area contributed by atoms with E-state index < -0.39 is 6.17 Å². The highest BCUT2D eigenvalue weighted by atomic mass is 35.5. The number of hydrogen-bond acceptors (Lipinski definition) is 1. The number of fused-ring (bicyclic) bond motifs is 1. The quantitative estimate of drug-likeness (QED) is 0.866. The highest BCUT2D eigenvalue weighted by Crippen LogP contribution is 2.34. The molecule has 1 unspecified atom stereocenters. The van der Waals surface area contributed by atoms with Crippen LogP contribution in [0.5, 0.6) is 0 Å². The van der Waals surface area contributed by atoms with E-state index in [0.29, 0.717) is 11.4 Å². The van der Waals surface area contributed by atoms with Gasteiger partial charge in [-0.05, 0) is 29.7 Å². The van der Waals surface area contributed by atoms with Crippen LogP contribution in [0.25, 0.3) is 0 Å². The molecule has 0 saturated carbocycles. The van der Waals surface area contributed by atoms with Crippen LogP contribution in [-0.4, -0.2) is 6.54 Å². The Hall–Kier alpha value is -1.54. The Morgan fingerprint density at radius 1 is 1.21 bits per heavy atom. The van der Waals surface area contributed by atoms with Gasteiger partial charge >= 0.3 is 0 Å². The lowest BCUT2D eigenvalue weighted by Crippen LogP contribution is -2.01. The first-order chi connectivity index (χ1) is 9.24. The molecule has 1 aliphatic rings. The van der Waals surface area contributed by atoms with Gasteiger partial charge in [-0.3, -0.25) is 0 Å². The molecule has 3 rings (SSSR count). The van der Waals surface area contributed by atoms with Crippen molar-refractivity contribution in [3.8, 4) is 0 Å². The maximum atomic E-state index is 14.5. The van der Waals surface area contributed by atoms with Crippen LogP contribution in [-0.2, 0) is 12.8 Å². The van der Waals surface area contributed by atoms with Gasteiger partial charge < -0.3 is 5.32 Å². The zero-order valence-electron chi connectivity index (χ0n) is 10.5. The fraction of sp³-hybridized carbons (Fsp3) is 0.250. The first-order valence-electron chi connectivity index (χ1n) is 6.48. The second-order valence-electron chi connectivity index (χ2n) is 4.86. The molecule has 0 amide bonds. The average Bonchev–Trinajstić information content (AvgIpc) is 2.86. The summed E-state index contributed by atoms with van der Waals surface area (Å²) in [6, 6.07) is 13.3. The van der Waals surface area contributed by atoms with Crippen molar-refractivity contribution in [2.24, 2.45) is 0 Å². The van der Waals surface area contributed by atoms with Crippen molar-refractivity contribution in [2.75, 3.05) is 11.9 Å². The predicted octanol–water partition coefficient (Wildman–Crippen LogP) is 4.56. The Morgan fingerprint density at radius 3 is 2.89 bits per heavy atom. The van der Waals surface area contributed by atoms with E-state index in [1.807, 2.05) is 30.3 Å². The van der Waals surface area contributed by atoms with Gasteiger partial charge in [-0.15, -0.1) is 0 Å². The van der Waals surface area contributed by atoms with E-state index in [2.05, 4.69) is 11.4 Å². The van der Waals surface area contributed by atoms with E-state index in [4.69, 9.17) is 11.6 Å². The second kappa shape index (κ2) is 5.22. The molecule has 0 fully saturated rings. The standard InChI is InChI=1S/C16H15ClFN/c17-13-5-1-3-11(9-13)10-15(18)14-6-2-4-12-7-8-19-16(12)14/h1-6,9,15,19H,7-8,10H2. The lowest BCUT2D eigenvalue weighted by Gasteiger charge is -2.13. The molecule has 0 aromatic heterocycles. The minimum Gasteiger partial charge on any atom is -0.384 e. The van der Waals surface area contributed by atoms with Gasteiger partial charge in [0.05, 0.1) is 0 Å². The molecule has 1 nitrogen and oxygen atoms in total. The molecule has 1 heterocycles. The molecule has 0 bridgehead atoms. The van der Waals surface area contributed by atoms with Gasteiger partial charge in [0.15, 0.2) is 0 Å². The molecule has 2 aromatic carbocycles. The summed E-state index contributed by atoms with van der Waals surface area (Å²) in [4.78, 5) is 0. The molecule has 19 heavy (non-hydrogen) atoms. The summed E-state index contributed by atoms with van der Waals surface area (Å²) in [6.45, 7) is 0.899. The van der Waals surface area contributed by atoms with Gasteiger partial charge in [-0.2, -0.15) is 0 Å². The van der Waals surface area contributed by atoms with Crippen LogP contribution in [0.1, 0.15) is 22.9 Å². The van der Waals surface area contributed by atoms with Crippen molar-refractivity contribution < 1.29 is 4.39 Å².